The molecule has 3 nitrogen and oxygen atoms in total. The van der Waals surface area contributed by atoms with E-state index in [0.717, 1.165) is 42.1 Å². The molecule has 110 valence electrons. The number of benzene rings is 2. The molecule has 0 aromatic heterocycles. The van der Waals surface area contributed by atoms with Crippen LogP contribution in [0.25, 0.3) is 0 Å². The maximum absolute atomic E-state index is 10.7. The van der Waals surface area contributed by atoms with E-state index >= 15 is 0 Å². The first-order chi connectivity index (χ1) is 10.3. The number of fused-ring (bicyclic) bond motifs is 1. The van der Waals surface area contributed by atoms with E-state index in [1.165, 1.54) is 5.56 Å². The molecule has 0 aliphatic carbocycles. The van der Waals surface area contributed by atoms with Crippen molar-refractivity contribution in [1.29, 1.82) is 0 Å². The molecule has 2 aromatic rings. The number of aryl methyl sites for hydroxylation is 1. The van der Waals surface area contributed by atoms with Gasteiger partial charge in [-0.25, -0.2) is 0 Å². The average molecular weight is 284 g/mol. The van der Waals surface area contributed by atoms with Crippen LogP contribution in [0, 0.1) is 0 Å². The molecule has 0 fully saturated rings. The van der Waals surface area contributed by atoms with Crippen LogP contribution in [0.1, 0.15) is 36.1 Å². The van der Waals surface area contributed by atoms with Gasteiger partial charge in [-0.05, 0) is 49.1 Å². The normalized spacial score (nSPS) is 15.0. The number of ether oxygens (including phenoxy) is 2. The van der Waals surface area contributed by atoms with Crippen molar-refractivity contribution < 1.29 is 14.6 Å². The van der Waals surface area contributed by atoms with Gasteiger partial charge in [0.1, 0.15) is 17.6 Å². The van der Waals surface area contributed by atoms with E-state index in [-0.39, 0.29) is 0 Å². The zero-order valence-electron chi connectivity index (χ0n) is 12.2. The van der Waals surface area contributed by atoms with Crippen LogP contribution in [-0.4, -0.2) is 18.3 Å². The molecular weight excluding hydrogens is 264 g/mol. The molecule has 1 N–H and O–H groups in total. The van der Waals surface area contributed by atoms with Crippen molar-refractivity contribution in [3.63, 3.8) is 0 Å². The molecule has 1 heterocycles. The minimum atomic E-state index is -0.681. The van der Waals surface area contributed by atoms with Crippen molar-refractivity contribution in [3.8, 4) is 11.5 Å². The highest BCUT2D eigenvalue weighted by atomic mass is 16.5. The topological polar surface area (TPSA) is 38.7 Å². The highest BCUT2D eigenvalue weighted by Crippen LogP contribution is 2.33. The first-order valence-corrected chi connectivity index (χ1v) is 7.45. The van der Waals surface area contributed by atoms with E-state index in [4.69, 9.17) is 9.47 Å². The molecule has 3 heteroatoms. The lowest BCUT2D eigenvalue weighted by molar-refractivity contribution is 0.211. The summed E-state index contributed by atoms with van der Waals surface area (Å²) >= 11 is 0. The van der Waals surface area contributed by atoms with Crippen molar-refractivity contribution >= 4 is 0 Å². The molecule has 2 aromatic carbocycles. The standard InChI is InChI=1S/C18H20O3/c1-2-20-17-8-4-3-7-15(17)18(19)14-9-10-16-13(12-14)6-5-11-21-16/h3-4,7-10,12,18-19H,2,5-6,11H2,1H3. The first kappa shape index (κ1) is 14.0. The van der Waals surface area contributed by atoms with E-state index in [1.807, 2.05) is 49.4 Å². The van der Waals surface area contributed by atoms with Crippen LogP contribution in [0.15, 0.2) is 42.5 Å². The van der Waals surface area contributed by atoms with Crippen molar-refractivity contribution in [2.45, 2.75) is 25.9 Å². The van der Waals surface area contributed by atoms with Crippen LogP contribution >= 0.6 is 0 Å². The summed E-state index contributed by atoms with van der Waals surface area (Å²) in [6.07, 6.45) is 1.35. The Morgan fingerprint density at radius 1 is 1.24 bits per heavy atom. The van der Waals surface area contributed by atoms with Gasteiger partial charge in [0.15, 0.2) is 0 Å². The summed E-state index contributed by atoms with van der Waals surface area (Å²) in [7, 11) is 0. The Balaban J connectivity index is 1.93. The zero-order chi connectivity index (χ0) is 14.7. The molecule has 0 saturated heterocycles. The molecule has 0 saturated carbocycles. The van der Waals surface area contributed by atoms with Gasteiger partial charge in [0, 0.05) is 5.56 Å². The minimum Gasteiger partial charge on any atom is -0.493 e. The third-order valence-corrected chi connectivity index (χ3v) is 3.76. The Hall–Kier alpha value is -2.00. The van der Waals surface area contributed by atoms with Gasteiger partial charge in [-0.3, -0.25) is 0 Å². The third kappa shape index (κ3) is 2.88. The molecule has 0 radical (unpaired) electrons. The van der Waals surface area contributed by atoms with E-state index in [2.05, 4.69) is 0 Å². The fraction of sp³-hybridized carbons (Fsp3) is 0.333. The molecule has 0 bridgehead atoms. The molecule has 3 rings (SSSR count). The predicted molar refractivity (Wildman–Crippen MR) is 81.9 cm³/mol. The Kier molecular flexibility index (Phi) is 4.11. The fourth-order valence-electron chi connectivity index (χ4n) is 2.72. The Morgan fingerprint density at radius 2 is 2.10 bits per heavy atom. The van der Waals surface area contributed by atoms with Crippen LogP contribution in [0.4, 0.5) is 0 Å². The van der Waals surface area contributed by atoms with Gasteiger partial charge in [0.2, 0.25) is 0 Å². The Bertz CT molecular complexity index is 622. The van der Waals surface area contributed by atoms with Gasteiger partial charge in [0.25, 0.3) is 0 Å². The number of hydrogen-bond acceptors (Lipinski definition) is 3. The maximum atomic E-state index is 10.7. The lowest BCUT2D eigenvalue weighted by Crippen LogP contribution is -2.10. The minimum absolute atomic E-state index is 0.585. The summed E-state index contributed by atoms with van der Waals surface area (Å²) in [6.45, 7) is 3.31. The second-order valence-electron chi connectivity index (χ2n) is 5.19. The van der Waals surface area contributed by atoms with Gasteiger partial charge in [-0.15, -0.1) is 0 Å². The third-order valence-electron chi connectivity index (χ3n) is 3.76. The first-order valence-electron chi connectivity index (χ1n) is 7.45. The molecule has 1 aliphatic heterocycles. The van der Waals surface area contributed by atoms with E-state index in [0.29, 0.717) is 6.61 Å². The van der Waals surface area contributed by atoms with Gasteiger partial charge >= 0.3 is 0 Å². The van der Waals surface area contributed by atoms with Crippen molar-refractivity contribution in [1.82, 2.24) is 0 Å². The van der Waals surface area contributed by atoms with Crippen molar-refractivity contribution in [2.24, 2.45) is 0 Å². The number of aliphatic hydroxyl groups is 1. The monoisotopic (exact) mass is 284 g/mol. The van der Waals surface area contributed by atoms with Gasteiger partial charge in [-0.2, -0.15) is 0 Å². The summed E-state index contributed by atoms with van der Waals surface area (Å²) < 4.78 is 11.2. The lowest BCUT2D eigenvalue weighted by atomic mass is 9.96. The molecule has 0 amide bonds. The van der Waals surface area contributed by atoms with E-state index in [1.54, 1.807) is 0 Å². The van der Waals surface area contributed by atoms with Crippen LogP contribution in [0.5, 0.6) is 11.5 Å². The maximum Gasteiger partial charge on any atom is 0.125 e. The Morgan fingerprint density at radius 3 is 2.95 bits per heavy atom. The Labute approximate surface area is 125 Å². The SMILES string of the molecule is CCOc1ccccc1C(O)c1ccc2c(c1)CCCO2. The molecule has 0 spiro atoms. The van der Waals surface area contributed by atoms with Crippen LogP contribution < -0.4 is 9.47 Å². The lowest BCUT2D eigenvalue weighted by Gasteiger charge is -2.20. The summed E-state index contributed by atoms with van der Waals surface area (Å²) in [5.41, 5.74) is 2.86. The highest BCUT2D eigenvalue weighted by Gasteiger charge is 2.18. The average Bonchev–Trinajstić information content (AvgIpc) is 2.54. The number of hydrogen-bond donors (Lipinski definition) is 1. The quantitative estimate of drug-likeness (QED) is 0.934. The predicted octanol–water partition coefficient (Wildman–Crippen LogP) is 3.49. The van der Waals surface area contributed by atoms with E-state index < -0.39 is 6.10 Å². The van der Waals surface area contributed by atoms with Crippen molar-refractivity contribution in [3.05, 3.63) is 59.2 Å². The highest BCUT2D eigenvalue weighted by molar-refractivity contribution is 5.44. The van der Waals surface area contributed by atoms with Gasteiger partial charge < -0.3 is 14.6 Å². The second kappa shape index (κ2) is 6.19. The van der Waals surface area contributed by atoms with Gasteiger partial charge in [0.05, 0.1) is 13.2 Å². The number of aliphatic hydroxyl groups excluding tert-OH is 1. The fourth-order valence-corrected chi connectivity index (χ4v) is 2.72. The summed E-state index contributed by atoms with van der Waals surface area (Å²) in [5.74, 6) is 1.68. The van der Waals surface area contributed by atoms with E-state index in [9.17, 15) is 5.11 Å². The van der Waals surface area contributed by atoms with Gasteiger partial charge in [-0.1, -0.05) is 24.3 Å². The molecule has 1 atom stereocenters. The molecule has 1 aliphatic rings. The van der Waals surface area contributed by atoms with Crippen LogP contribution in [0.2, 0.25) is 0 Å². The zero-order valence-corrected chi connectivity index (χ0v) is 12.2. The number of rotatable bonds is 4. The van der Waals surface area contributed by atoms with Crippen LogP contribution in [-0.2, 0) is 6.42 Å². The largest absolute Gasteiger partial charge is 0.493 e. The molecule has 1 unspecified atom stereocenters. The summed E-state index contributed by atoms with van der Waals surface area (Å²) in [6, 6.07) is 13.6. The van der Waals surface area contributed by atoms with Crippen LogP contribution in [0.3, 0.4) is 0 Å². The summed E-state index contributed by atoms with van der Waals surface area (Å²) in [4.78, 5) is 0. The second-order valence-corrected chi connectivity index (χ2v) is 5.19. The molecular formula is C18H20O3. The smallest absolute Gasteiger partial charge is 0.125 e. The number of para-hydroxylation sites is 1. The molecule has 21 heavy (non-hydrogen) atoms. The van der Waals surface area contributed by atoms with Crippen molar-refractivity contribution in [2.75, 3.05) is 13.2 Å². The summed E-state index contributed by atoms with van der Waals surface area (Å²) in [5, 5.41) is 10.7.